The number of rotatable bonds is 8. The van der Waals surface area contributed by atoms with Crippen LogP contribution in [-0.4, -0.2) is 65.9 Å². The number of hydrogen-bond acceptors (Lipinski definition) is 11. The van der Waals surface area contributed by atoms with Gasteiger partial charge in [0.15, 0.2) is 17.8 Å². The lowest BCUT2D eigenvalue weighted by molar-refractivity contribution is -0.208. The molecular formula is C70H76O11. The lowest BCUT2D eigenvalue weighted by atomic mass is 9.48. The molecule has 9 aliphatic rings. The first-order valence-electron chi connectivity index (χ1n) is 30.2. The minimum atomic E-state index is -1.33. The van der Waals surface area contributed by atoms with Crippen LogP contribution in [0.4, 0.5) is 0 Å². The molecular weight excluding hydrogens is 1020 g/mol. The number of carbonyl (C=O) groups is 2. The summed E-state index contributed by atoms with van der Waals surface area (Å²) in [4.78, 5) is 45.6. The minimum absolute atomic E-state index is 0.00700. The van der Waals surface area contributed by atoms with E-state index in [1.54, 1.807) is 19.1 Å². The van der Waals surface area contributed by atoms with E-state index in [-0.39, 0.29) is 90.8 Å². The summed E-state index contributed by atoms with van der Waals surface area (Å²) in [6.45, 7) is 0.716. The number of ether oxygens (including phenoxy) is 4. The fourth-order valence-corrected chi connectivity index (χ4v) is 17.1. The highest BCUT2D eigenvalue weighted by Crippen LogP contribution is 2.61. The quantitative estimate of drug-likeness (QED) is 0.0587. The van der Waals surface area contributed by atoms with Crippen LogP contribution in [0.2, 0.25) is 0 Å². The van der Waals surface area contributed by atoms with E-state index < -0.39 is 47.9 Å². The van der Waals surface area contributed by atoms with E-state index in [0.717, 1.165) is 43.2 Å². The number of esters is 2. The van der Waals surface area contributed by atoms with Crippen LogP contribution in [0.15, 0.2) is 130 Å². The van der Waals surface area contributed by atoms with Crippen LogP contribution in [0.3, 0.4) is 0 Å². The van der Waals surface area contributed by atoms with Gasteiger partial charge in [-0.1, -0.05) is 122 Å². The van der Waals surface area contributed by atoms with Crippen molar-refractivity contribution in [2.75, 3.05) is 26.9 Å². The van der Waals surface area contributed by atoms with Crippen LogP contribution in [0, 0.1) is 29.6 Å². The average molecular weight is 1090 g/mol. The molecule has 12 atom stereocenters. The van der Waals surface area contributed by atoms with Gasteiger partial charge in [-0.05, 0) is 157 Å². The molecule has 14 rings (SSSR count). The summed E-state index contributed by atoms with van der Waals surface area (Å²) in [7, 11) is 1.52. The molecule has 4 aromatic carbocycles. The Bertz CT molecular complexity index is 3430. The monoisotopic (exact) mass is 1090 g/mol. The maximum absolute atomic E-state index is 15.8. The Balaban J connectivity index is 0.958. The third kappa shape index (κ3) is 9.02. The Morgan fingerprint density at radius 1 is 0.815 bits per heavy atom. The van der Waals surface area contributed by atoms with Gasteiger partial charge in [0.05, 0.1) is 25.4 Å². The first-order valence-corrected chi connectivity index (χ1v) is 30.2. The molecule has 6 aliphatic carbocycles. The number of aliphatic hydroxyl groups excluding tert-OH is 3. The molecule has 0 radical (unpaired) electrons. The number of allylic oxidation sites excluding steroid dienone is 4. The third-order valence-electron chi connectivity index (χ3n) is 20.8. The summed E-state index contributed by atoms with van der Waals surface area (Å²) in [5.74, 6) is -0.802. The van der Waals surface area contributed by atoms with Crippen LogP contribution in [-0.2, 0) is 48.7 Å². The van der Waals surface area contributed by atoms with Crippen molar-refractivity contribution in [1.82, 2.24) is 0 Å². The molecule has 5 aromatic rings. The normalized spacial score (nSPS) is 31.2. The number of benzene rings is 4. The van der Waals surface area contributed by atoms with Crippen molar-refractivity contribution >= 4 is 29.0 Å². The lowest BCUT2D eigenvalue weighted by Crippen LogP contribution is -2.62. The molecule has 0 unspecified atom stereocenters. The number of fused-ring (bicyclic) bond motifs is 15. The maximum Gasteiger partial charge on any atom is 0.340 e. The largest absolute Gasteiger partial charge is 0.482 e. The molecule has 11 nitrogen and oxygen atoms in total. The molecule has 11 heteroatoms. The SMILES string of the molecule is COC[C@@H](CCO)c1c(CO)c2ccc3c(c2oc1=O)[C@H]1OC(=O)C[C@H]2C[C@H](c4cccc5c4C=C[C@@H]4CCC[C@H]6CCc7ccccc7[C@]564)C=C[C@H]2c2ccc(cc2)CC/C(=C(\C)CO)C(=O)O[C@@H]1[C@@]1(CC=C[C@@H]2CCCC[C@H]21)O3. The fourth-order valence-electron chi connectivity index (χ4n) is 17.1. The topological polar surface area (TPSA) is 162 Å². The van der Waals surface area contributed by atoms with Crippen LogP contribution in [0.1, 0.15) is 170 Å². The predicted molar refractivity (Wildman–Crippen MR) is 310 cm³/mol. The van der Waals surface area contributed by atoms with E-state index in [9.17, 15) is 20.1 Å². The summed E-state index contributed by atoms with van der Waals surface area (Å²) in [5, 5.41) is 32.4. The Morgan fingerprint density at radius 3 is 2.48 bits per heavy atom. The number of methoxy groups -OCH3 is 1. The van der Waals surface area contributed by atoms with E-state index in [4.69, 9.17) is 23.4 Å². The van der Waals surface area contributed by atoms with Gasteiger partial charge in [0.1, 0.15) is 11.3 Å². The van der Waals surface area contributed by atoms with Crippen LogP contribution >= 0.6 is 0 Å². The van der Waals surface area contributed by atoms with Crippen molar-refractivity contribution in [3.8, 4) is 5.75 Å². The summed E-state index contributed by atoms with van der Waals surface area (Å²) < 4.78 is 33.4. The Labute approximate surface area is 474 Å². The van der Waals surface area contributed by atoms with Crippen LogP contribution in [0.5, 0.6) is 5.75 Å². The van der Waals surface area contributed by atoms with Crippen LogP contribution < -0.4 is 10.4 Å². The molecule has 81 heavy (non-hydrogen) atoms. The van der Waals surface area contributed by atoms with Gasteiger partial charge in [-0.15, -0.1) is 0 Å². The molecule has 0 amide bonds. The van der Waals surface area contributed by atoms with Crippen LogP contribution in [0.25, 0.3) is 17.0 Å². The van der Waals surface area contributed by atoms with Gasteiger partial charge in [0, 0.05) is 72.2 Å². The zero-order chi connectivity index (χ0) is 55.6. The molecule has 2 saturated carbocycles. The second kappa shape index (κ2) is 22.1. The van der Waals surface area contributed by atoms with E-state index >= 15 is 9.59 Å². The third-order valence-corrected chi connectivity index (χ3v) is 20.8. The lowest BCUT2D eigenvalue weighted by Gasteiger charge is -2.55. The fraction of sp³-hybridized carbons (Fsp3) is 0.471. The standard InChI is InChI=1S/C70H76O11/c1-41(38-72)51-28-21-42-19-22-43(23-20-42)52-29-25-46(53-15-8-18-59-54(53)30-27-50-14-7-13-49-26-24-45-11-4-6-17-58(45)70(49,50)59)36-48(52)37-61(74)78-65-63-60(81-69(66(65)80-67(51)75)34-9-12-44-10-3-5-16-57(44)69)32-31-55-56(39-73)62(68(76)79-64(55)63)47(33-35-71)40-77-2/h4,6,8-9,11-12,15,17-20,22-23,25,27,29-32,44,46-50,52,57,65-66,71-73H,3,5,7,10,13-14,16,21,24,26,28,33-40H2,1-2H3/b51-41-/t44-,46+,47+,48+,49-,50-,52-,57+,65+,66-,69-,70-/m0/s1. The van der Waals surface area contributed by atoms with Gasteiger partial charge in [-0.3, -0.25) is 4.79 Å². The van der Waals surface area contributed by atoms with Gasteiger partial charge in [-0.25, -0.2) is 9.59 Å². The van der Waals surface area contributed by atoms with Crippen molar-refractivity contribution in [1.29, 1.82) is 0 Å². The average Bonchev–Trinajstić information content (AvgIpc) is 2.61. The Kier molecular flexibility index (Phi) is 14.7. The van der Waals surface area contributed by atoms with Crippen molar-refractivity contribution < 1.29 is 48.3 Å². The first-order chi connectivity index (χ1) is 39.6. The second-order valence-corrected chi connectivity index (χ2v) is 24.8. The van der Waals surface area contributed by atoms with Crippen molar-refractivity contribution in [3.63, 3.8) is 0 Å². The Morgan fingerprint density at radius 2 is 1.65 bits per heavy atom. The summed E-state index contributed by atoms with van der Waals surface area (Å²) >= 11 is 0. The van der Waals surface area contributed by atoms with E-state index in [2.05, 4.69) is 103 Å². The van der Waals surface area contributed by atoms with Crippen molar-refractivity contribution in [3.05, 3.63) is 186 Å². The maximum atomic E-state index is 15.8. The summed E-state index contributed by atoms with van der Waals surface area (Å²) in [6, 6.07) is 28.3. The number of carbonyl (C=O) groups excluding carboxylic acids is 2. The smallest absolute Gasteiger partial charge is 0.340 e. The highest BCUT2D eigenvalue weighted by Gasteiger charge is 2.61. The zero-order valence-corrected chi connectivity index (χ0v) is 46.8. The molecule has 1 aromatic heterocycles. The first kappa shape index (κ1) is 53.9. The van der Waals surface area contributed by atoms with Gasteiger partial charge < -0.3 is 38.7 Å². The minimum Gasteiger partial charge on any atom is -0.482 e. The molecule has 0 saturated heterocycles. The molecule has 3 aliphatic heterocycles. The molecule has 422 valence electrons. The van der Waals surface area contributed by atoms with E-state index in [1.807, 2.05) is 0 Å². The van der Waals surface area contributed by atoms with E-state index in [1.165, 1.54) is 60.6 Å². The highest BCUT2D eigenvalue weighted by molar-refractivity contribution is 5.90. The highest BCUT2D eigenvalue weighted by atomic mass is 16.6. The second-order valence-electron chi connectivity index (χ2n) is 24.8. The molecule has 3 N–H and O–H groups in total. The number of aliphatic hydroxyl groups is 3. The van der Waals surface area contributed by atoms with Gasteiger partial charge in [0.2, 0.25) is 0 Å². The van der Waals surface area contributed by atoms with Gasteiger partial charge in [0.25, 0.3) is 0 Å². The van der Waals surface area contributed by atoms with Gasteiger partial charge >= 0.3 is 17.6 Å². The number of hydrogen-bond donors (Lipinski definition) is 3. The van der Waals surface area contributed by atoms with Gasteiger partial charge in [-0.2, -0.15) is 0 Å². The zero-order valence-electron chi connectivity index (χ0n) is 46.8. The molecule has 4 heterocycles. The molecule has 2 bridgehead atoms. The van der Waals surface area contributed by atoms with Crippen molar-refractivity contribution in [2.24, 2.45) is 29.6 Å². The predicted octanol–water partition coefficient (Wildman–Crippen LogP) is 12.3. The molecule has 2 fully saturated rings. The summed E-state index contributed by atoms with van der Waals surface area (Å²) in [5.41, 5.74) is 8.66. The molecule has 2 spiro atoms. The summed E-state index contributed by atoms with van der Waals surface area (Å²) in [6.07, 6.45) is 23.0. The Hall–Kier alpha value is -6.37. The van der Waals surface area contributed by atoms with E-state index in [0.29, 0.717) is 58.9 Å². The van der Waals surface area contributed by atoms with Crippen molar-refractivity contribution in [2.45, 2.75) is 151 Å². The number of aryl methyl sites for hydroxylation is 2.